The first-order chi connectivity index (χ1) is 10.2. The summed E-state index contributed by atoms with van der Waals surface area (Å²) in [5.74, 6) is 0.925. The Morgan fingerprint density at radius 1 is 1.33 bits per heavy atom. The lowest BCUT2D eigenvalue weighted by atomic mass is 9.96. The molecule has 0 spiro atoms. The number of pyridine rings is 1. The van der Waals surface area contributed by atoms with Crippen LogP contribution in [-0.4, -0.2) is 30.6 Å². The van der Waals surface area contributed by atoms with Gasteiger partial charge in [0.25, 0.3) is 0 Å². The van der Waals surface area contributed by atoms with E-state index in [4.69, 9.17) is 9.47 Å². The van der Waals surface area contributed by atoms with Gasteiger partial charge in [-0.1, -0.05) is 15.9 Å². The maximum absolute atomic E-state index is 12.2. The van der Waals surface area contributed by atoms with Crippen molar-refractivity contribution in [2.24, 2.45) is 5.92 Å². The number of carbonyl (C=O) groups excluding carboxylic acids is 1. The van der Waals surface area contributed by atoms with Gasteiger partial charge in [-0.2, -0.15) is 0 Å². The molecule has 2 aromatic rings. The van der Waals surface area contributed by atoms with E-state index >= 15 is 0 Å². The highest BCUT2D eigenvalue weighted by atomic mass is 79.9. The number of hydrogen-bond donors (Lipinski definition) is 0. The first-order valence-electron chi connectivity index (χ1n) is 7.01. The van der Waals surface area contributed by atoms with E-state index < -0.39 is 0 Å². The number of ether oxygens (including phenoxy) is 2. The molecule has 0 radical (unpaired) electrons. The molecule has 3 rings (SSSR count). The van der Waals surface area contributed by atoms with Crippen molar-refractivity contribution in [2.75, 3.05) is 19.8 Å². The molecule has 0 bridgehead atoms. The Kier molecular flexibility index (Phi) is 4.51. The van der Waals surface area contributed by atoms with Gasteiger partial charge in [0.2, 0.25) is 0 Å². The van der Waals surface area contributed by atoms with Crippen molar-refractivity contribution in [3.05, 3.63) is 34.9 Å². The summed E-state index contributed by atoms with van der Waals surface area (Å²) < 4.78 is 12.0. The van der Waals surface area contributed by atoms with Gasteiger partial charge < -0.3 is 9.47 Å². The zero-order valence-corrected chi connectivity index (χ0v) is 13.1. The van der Waals surface area contributed by atoms with Crippen LogP contribution in [0.3, 0.4) is 0 Å². The number of ketones is 1. The van der Waals surface area contributed by atoms with Gasteiger partial charge in [0.15, 0.2) is 5.78 Å². The van der Waals surface area contributed by atoms with E-state index in [0.29, 0.717) is 19.0 Å². The number of carbonyl (C=O) groups is 1. The maximum Gasteiger partial charge on any atom is 0.173 e. The van der Waals surface area contributed by atoms with Crippen molar-refractivity contribution in [1.82, 2.24) is 4.98 Å². The monoisotopic (exact) mass is 349 g/mol. The van der Waals surface area contributed by atoms with Crippen molar-refractivity contribution in [3.8, 4) is 5.75 Å². The molecule has 1 saturated heterocycles. The number of halogens is 1. The van der Waals surface area contributed by atoms with Crippen LogP contribution in [0.2, 0.25) is 0 Å². The second-order valence-corrected chi connectivity index (χ2v) is 6.03. The summed E-state index contributed by atoms with van der Waals surface area (Å²) in [4.78, 5) is 16.5. The maximum atomic E-state index is 12.2. The number of aromatic nitrogens is 1. The van der Waals surface area contributed by atoms with Gasteiger partial charge in [0.1, 0.15) is 12.4 Å². The third kappa shape index (κ3) is 3.41. The fraction of sp³-hybridized carbons (Fsp3) is 0.375. The molecule has 1 aromatic carbocycles. The van der Waals surface area contributed by atoms with E-state index in [1.807, 2.05) is 18.2 Å². The number of fused-ring (bicyclic) bond motifs is 1. The number of Topliss-reactive ketones (excluding diaryl/α,β-unsaturated/α-hetero) is 1. The molecule has 0 unspecified atom stereocenters. The predicted molar refractivity (Wildman–Crippen MR) is 83.5 cm³/mol. The lowest BCUT2D eigenvalue weighted by Gasteiger charge is -2.20. The molecule has 21 heavy (non-hydrogen) atoms. The molecule has 110 valence electrons. The highest BCUT2D eigenvalue weighted by molar-refractivity contribution is 9.10. The van der Waals surface area contributed by atoms with E-state index in [9.17, 15) is 4.79 Å². The van der Waals surface area contributed by atoms with Crippen molar-refractivity contribution >= 4 is 32.6 Å². The molecule has 0 N–H and O–H groups in total. The van der Waals surface area contributed by atoms with Crippen LogP contribution < -0.4 is 4.74 Å². The Morgan fingerprint density at radius 2 is 2.14 bits per heavy atom. The summed E-state index contributed by atoms with van der Waals surface area (Å²) in [6.45, 7) is 1.45. The van der Waals surface area contributed by atoms with E-state index in [1.165, 1.54) is 0 Å². The number of benzene rings is 1. The Balaban J connectivity index is 1.71. The molecule has 0 saturated carbocycles. The van der Waals surface area contributed by atoms with Crippen molar-refractivity contribution < 1.29 is 14.3 Å². The average Bonchev–Trinajstić information content (AvgIpc) is 2.53. The Bertz CT molecular complexity index is 653. The first kappa shape index (κ1) is 14.5. The number of rotatable bonds is 4. The summed E-state index contributed by atoms with van der Waals surface area (Å²) in [5.41, 5.74) is 0.848. The van der Waals surface area contributed by atoms with E-state index in [2.05, 4.69) is 20.9 Å². The SMILES string of the molecule is O=C(COc1ccnc2cc(Br)ccc12)C1CCOCC1. The minimum Gasteiger partial charge on any atom is -0.485 e. The molecule has 1 aliphatic rings. The summed E-state index contributed by atoms with van der Waals surface area (Å²) in [6.07, 6.45) is 3.29. The van der Waals surface area contributed by atoms with Gasteiger partial charge in [0.05, 0.1) is 5.52 Å². The van der Waals surface area contributed by atoms with E-state index in [-0.39, 0.29) is 18.3 Å². The molecular formula is C16H16BrNO3. The highest BCUT2D eigenvalue weighted by Gasteiger charge is 2.22. The Labute approximate surface area is 131 Å². The summed E-state index contributed by atoms with van der Waals surface area (Å²) >= 11 is 3.42. The van der Waals surface area contributed by atoms with Crippen molar-refractivity contribution in [1.29, 1.82) is 0 Å². The standard InChI is InChI=1S/C16H16BrNO3/c17-12-1-2-13-14(9-12)18-6-3-16(13)21-10-15(19)11-4-7-20-8-5-11/h1-3,6,9,11H,4-5,7-8,10H2. The van der Waals surface area contributed by atoms with Gasteiger partial charge in [-0.3, -0.25) is 9.78 Å². The number of hydrogen-bond acceptors (Lipinski definition) is 4. The highest BCUT2D eigenvalue weighted by Crippen LogP contribution is 2.26. The van der Waals surface area contributed by atoms with Gasteiger partial charge in [0, 0.05) is 35.2 Å². The number of nitrogens with zero attached hydrogens (tertiary/aromatic N) is 1. The van der Waals surface area contributed by atoms with Crippen LogP contribution in [0, 0.1) is 5.92 Å². The van der Waals surface area contributed by atoms with Gasteiger partial charge >= 0.3 is 0 Å². The molecule has 4 nitrogen and oxygen atoms in total. The minimum atomic E-state index is 0.0704. The molecule has 1 fully saturated rings. The average molecular weight is 350 g/mol. The summed E-state index contributed by atoms with van der Waals surface area (Å²) in [6, 6.07) is 7.62. The summed E-state index contributed by atoms with van der Waals surface area (Å²) in [7, 11) is 0. The van der Waals surface area contributed by atoms with Crippen molar-refractivity contribution in [3.63, 3.8) is 0 Å². The van der Waals surface area contributed by atoms with Crippen LogP contribution in [0.15, 0.2) is 34.9 Å². The van der Waals surface area contributed by atoms with Crippen LogP contribution in [0.25, 0.3) is 10.9 Å². The van der Waals surface area contributed by atoms with Gasteiger partial charge in [-0.05, 0) is 37.1 Å². The fourth-order valence-electron chi connectivity index (χ4n) is 2.51. The van der Waals surface area contributed by atoms with Crippen molar-refractivity contribution in [2.45, 2.75) is 12.8 Å². The van der Waals surface area contributed by atoms with Crippen LogP contribution in [-0.2, 0) is 9.53 Å². The zero-order valence-electron chi connectivity index (χ0n) is 11.5. The molecule has 0 atom stereocenters. The molecular weight excluding hydrogens is 334 g/mol. The third-order valence-electron chi connectivity index (χ3n) is 3.71. The molecule has 1 aliphatic heterocycles. The molecule has 0 aliphatic carbocycles. The topological polar surface area (TPSA) is 48.4 Å². The molecule has 5 heteroatoms. The lowest BCUT2D eigenvalue weighted by Crippen LogP contribution is -2.27. The predicted octanol–water partition coefficient (Wildman–Crippen LogP) is 3.37. The normalized spacial score (nSPS) is 16.0. The second kappa shape index (κ2) is 6.54. The molecule has 0 amide bonds. The van der Waals surface area contributed by atoms with Gasteiger partial charge in [-0.25, -0.2) is 0 Å². The van der Waals surface area contributed by atoms with Crippen LogP contribution in [0.5, 0.6) is 5.75 Å². The smallest absolute Gasteiger partial charge is 0.173 e. The van der Waals surface area contributed by atoms with Gasteiger partial charge in [-0.15, -0.1) is 0 Å². The summed E-state index contributed by atoms with van der Waals surface area (Å²) in [5, 5.41) is 0.917. The van der Waals surface area contributed by atoms with Crippen LogP contribution in [0.4, 0.5) is 0 Å². The van der Waals surface area contributed by atoms with Crippen LogP contribution >= 0.6 is 15.9 Å². The Morgan fingerprint density at radius 3 is 2.95 bits per heavy atom. The largest absolute Gasteiger partial charge is 0.485 e. The molecule has 2 heterocycles. The minimum absolute atomic E-state index is 0.0704. The third-order valence-corrected chi connectivity index (χ3v) is 4.20. The van der Waals surface area contributed by atoms with E-state index in [1.54, 1.807) is 12.3 Å². The fourth-order valence-corrected chi connectivity index (χ4v) is 2.86. The second-order valence-electron chi connectivity index (χ2n) is 5.11. The first-order valence-corrected chi connectivity index (χ1v) is 7.81. The molecule has 1 aromatic heterocycles. The lowest BCUT2D eigenvalue weighted by molar-refractivity contribution is -0.127. The Hall–Kier alpha value is -1.46. The quantitative estimate of drug-likeness (QED) is 0.848. The van der Waals surface area contributed by atoms with E-state index in [0.717, 1.165) is 28.2 Å². The van der Waals surface area contributed by atoms with Crippen LogP contribution in [0.1, 0.15) is 12.8 Å². The zero-order chi connectivity index (χ0) is 14.7.